The van der Waals surface area contributed by atoms with Crippen LogP contribution in [0.15, 0.2) is 53.7 Å². The fourth-order valence-electron chi connectivity index (χ4n) is 2.22. The number of aryl methyl sites for hydroxylation is 1. The Morgan fingerprint density at radius 2 is 1.70 bits per heavy atom. The van der Waals surface area contributed by atoms with Gasteiger partial charge in [-0.05, 0) is 31.5 Å². The Morgan fingerprint density at radius 3 is 2.35 bits per heavy atom. The van der Waals surface area contributed by atoms with Gasteiger partial charge in [0, 0.05) is 10.8 Å². The molecule has 0 amide bonds. The summed E-state index contributed by atoms with van der Waals surface area (Å²) in [5.41, 5.74) is 3.11. The zero-order chi connectivity index (χ0) is 16.4. The van der Waals surface area contributed by atoms with Crippen molar-refractivity contribution in [1.29, 1.82) is 0 Å². The normalized spacial score (nSPS) is 12.3. The van der Waals surface area contributed by atoms with Crippen molar-refractivity contribution in [2.75, 3.05) is 5.84 Å². The molecule has 3 rings (SSSR count). The summed E-state index contributed by atoms with van der Waals surface area (Å²) in [6.45, 7) is 4.06. The molecule has 0 aliphatic rings. The van der Waals surface area contributed by atoms with E-state index in [1.165, 1.54) is 34.1 Å². The molecule has 0 saturated carbocycles. The molecule has 1 aromatic heterocycles. The van der Waals surface area contributed by atoms with Crippen LogP contribution in [0.2, 0.25) is 0 Å². The number of benzene rings is 2. The van der Waals surface area contributed by atoms with Gasteiger partial charge in [-0.25, -0.2) is 9.07 Å². The lowest BCUT2D eigenvalue weighted by molar-refractivity contribution is 0.627. The van der Waals surface area contributed by atoms with Gasteiger partial charge in [-0.15, -0.1) is 10.2 Å². The third-order valence-electron chi connectivity index (χ3n) is 3.60. The number of hydrogen-bond donors (Lipinski definition) is 1. The molecular weight excluding hydrogens is 311 g/mol. The van der Waals surface area contributed by atoms with Crippen LogP contribution in [0.25, 0.3) is 11.4 Å². The van der Waals surface area contributed by atoms with Crippen LogP contribution in [0.4, 0.5) is 4.39 Å². The number of nitrogen functional groups attached to an aromatic ring is 1. The van der Waals surface area contributed by atoms with Gasteiger partial charge in [0.2, 0.25) is 5.16 Å². The van der Waals surface area contributed by atoms with Gasteiger partial charge in [0.15, 0.2) is 5.82 Å². The van der Waals surface area contributed by atoms with Crippen LogP contribution in [0.5, 0.6) is 0 Å². The summed E-state index contributed by atoms with van der Waals surface area (Å²) in [5.74, 6) is 6.52. The summed E-state index contributed by atoms with van der Waals surface area (Å²) in [5, 5.41) is 9.07. The van der Waals surface area contributed by atoms with E-state index in [9.17, 15) is 4.39 Å². The maximum atomic E-state index is 13.0. The van der Waals surface area contributed by atoms with Gasteiger partial charge in [-0.1, -0.05) is 53.7 Å². The number of hydrogen-bond acceptors (Lipinski definition) is 4. The standard InChI is InChI=1S/C17H17FN4S/c1-11-3-5-14(6-4-11)16-20-21-17(22(16)19)23-12(2)13-7-9-15(18)10-8-13/h3-10,12H,19H2,1-2H3/t12-/m1/s1. The summed E-state index contributed by atoms with van der Waals surface area (Å²) in [6.07, 6.45) is 0. The van der Waals surface area contributed by atoms with E-state index in [0.717, 1.165) is 11.1 Å². The lowest BCUT2D eigenvalue weighted by Gasteiger charge is -2.11. The number of halogens is 1. The first-order valence-electron chi connectivity index (χ1n) is 7.24. The topological polar surface area (TPSA) is 56.7 Å². The molecule has 2 N–H and O–H groups in total. The lowest BCUT2D eigenvalue weighted by atomic mass is 10.1. The fraction of sp³-hybridized carbons (Fsp3) is 0.176. The molecule has 0 spiro atoms. The summed E-state index contributed by atoms with van der Waals surface area (Å²) in [6, 6.07) is 14.4. The van der Waals surface area contributed by atoms with Gasteiger partial charge < -0.3 is 5.84 Å². The smallest absolute Gasteiger partial charge is 0.210 e. The van der Waals surface area contributed by atoms with Gasteiger partial charge in [0.05, 0.1) is 0 Å². The van der Waals surface area contributed by atoms with Crippen molar-refractivity contribution >= 4 is 11.8 Å². The molecule has 6 heteroatoms. The molecule has 0 fully saturated rings. The molecule has 4 nitrogen and oxygen atoms in total. The van der Waals surface area contributed by atoms with E-state index in [1.54, 1.807) is 12.1 Å². The summed E-state index contributed by atoms with van der Waals surface area (Å²) in [7, 11) is 0. The molecule has 0 bridgehead atoms. The first-order valence-corrected chi connectivity index (χ1v) is 8.12. The fourth-order valence-corrected chi connectivity index (χ4v) is 3.11. The van der Waals surface area contributed by atoms with Crippen molar-refractivity contribution in [3.8, 4) is 11.4 Å². The monoisotopic (exact) mass is 328 g/mol. The summed E-state index contributed by atoms with van der Waals surface area (Å²) >= 11 is 1.49. The second-order valence-corrected chi connectivity index (χ2v) is 6.66. The molecule has 0 saturated heterocycles. The highest BCUT2D eigenvalue weighted by molar-refractivity contribution is 7.99. The Hall–Kier alpha value is -2.34. The molecule has 1 atom stereocenters. The predicted molar refractivity (Wildman–Crippen MR) is 91.0 cm³/mol. The van der Waals surface area contributed by atoms with Crippen LogP contribution < -0.4 is 5.84 Å². The lowest BCUT2D eigenvalue weighted by Crippen LogP contribution is -2.12. The minimum Gasteiger partial charge on any atom is -0.335 e. The number of thioether (sulfide) groups is 1. The molecular formula is C17H17FN4S. The number of nitrogens with zero attached hydrogens (tertiary/aromatic N) is 3. The average Bonchev–Trinajstić information content (AvgIpc) is 2.90. The number of aromatic nitrogens is 3. The van der Waals surface area contributed by atoms with Crippen molar-refractivity contribution < 1.29 is 4.39 Å². The Bertz CT molecular complexity index is 796. The van der Waals surface area contributed by atoms with E-state index in [2.05, 4.69) is 10.2 Å². The maximum Gasteiger partial charge on any atom is 0.210 e. The summed E-state index contributed by atoms with van der Waals surface area (Å²) < 4.78 is 14.5. The van der Waals surface area contributed by atoms with Crippen molar-refractivity contribution in [3.05, 3.63) is 65.5 Å². The zero-order valence-electron chi connectivity index (χ0n) is 12.9. The second kappa shape index (κ2) is 6.42. The van der Waals surface area contributed by atoms with Crippen LogP contribution in [-0.4, -0.2) is 14.9 Å². The molecule has 0 aliphatic heterocycles. The van der Waals surface area contributed by atoms with Crippen LogP contribution in [0.1, 0.15) is 23.3 Å². The summed E-state index contributed by atoms with van der Waals surface area (Å²) in [4.78, 5) is 0. The van der Waals surface area contributed by atoms with E-state index in [0.29, 0.717) is 11.0 Å². The molecule has 0 radical (unpaired) electrons. The predicted octanol–water partition coefficient (Wildman–Crippen LogP) is 3.96. The van der Waals surface area contributed by atoms with E-state index >= 15 is 0 Å². The number of nitrogens with two attached hydrogens (primary N) is 1. The first-order chi connectivity index (χ1) is 11.0. The van der Waals surface area contributed by atoms with Crippen molar-refractivity contribution in [3.63, 3.8) is 0 Å². The average molecular weight is 328 g/mol. The van der Waals surface area contributed by atoms with Gasteiger partial charge in [-0.2, -0.15) is 0 Å². The van der Waals surface area contributed by atoms with Crippen molar-refractivity contribution in [2.24, 2.45) is 0 Å². The largest absolute Gasteiger partial charge is 0.335 e. The maximum absolute atomic E-state index is 13.0. The van der Waals surface area contributed by atoms with E-state index in [-0.39, 0.29) is 11.1 Å². The van der Waals surface area contributed by atoms with Crippen LogP contribution >= 0.6 is 11.8 Å². The quantitative estimate of drug-likeness (QED) is 0.582. The SMILES string of the molecule is Cc1ccc(-c2nnc(S[C@H](C)c3ccc(F)cc3)n2N)cc1. The molecule has 2 aromatic carbocycles. The van der Waals surface area contributed by atoms with Crippen LogP contribution in [0.3, 0.4) is 0 Å². The molecule has 0 aliphatic carbocycles. The van der Waals surface area contributed by atoms with Gasteiger partial charge in [0.25, 0.3) is 0 Å². The van der Waals surface area contributed by atoms with Crippen LogP contribution in [-0.2, 0) is 0 Å². The van der Waals surface area contributed by atoms with E-state index in [4.69, 9.17) is 5.84 Å². The first kappa shape index (κ1) is 15.6. The minimum atomic E-state index is -0.241. The molecule has 118 valence electrons. The Balaban J connectivity index is 1.81. The highest BCUT2D eigenvalue weighted by Crippen LogP contribution is 2.34. The number of rotatable bonds is 4. The van der Waals surface area contributed by atoms with E-state index in [1.807, 2.05) is 38.1 Å². The Morgan fingerprint density at radius 1 is 1.04 bits per heavy atom. The third kappa shape index (κ3) is 3.37. The zero-order valence-corrected chi connectivity index (χ0v) is 13.7. The Labute approximate surface area is 138 Å². The highest BCUT2D eigenvalue weighted by atomic mass is 32.2. The van der Waals surface area contributed by atoms with Crippen molar-refractivity contribution in [1.82, 2.24) is 14.9 Å². The van der Waals surface area contributed by atoms with Crippen LogP contribution in [0, 0.1) is 12.7 Å². The molecule has 23 heavy (non-hydrogen) atoms. The molecule has 0 unspecified atom stereocenters. The van der Waals surface area contributed by atoms with Gasteiger partial charge >= 0.3 is 0 Å². The minimum absolute atomic E-state index is 0.0907. The third-order valence-corrected chi connectivity index (χ3v) is 4.71. The highest BCUT2D eigenvalue weighted by Gasteiger charge is 2.16. The molecule has 1 heterocycles. The van der Waals surface area contributed by atoms with Gasteiger partial charge in [0.1, 0.15) is 5.82 Å². The second-order valence-electron chi connectivity index (χ2n) is 5.35. The van der Waals surface area contributed by atoms with Crippen molar-refractivity contribution in [2.45, 2.75) is 24.3 Å². The van der Waals surface area contributed by atoms with Gasteiger partial charge in [-0.3, -0.25) is 0 Å². The van der Waals surface area contributed by atoms with E-state index < -0.39 is 0 Å². The Kier molecular flexibility index (Phi) is 4.34. The molecule has 3 aromatic rings.